The van der Waals surface area contributed by atoms with Crippen molar-refractivity contribution in [3.05, 3.63) is 95.9 Å². The highest BCUT2D eigenvalue weighted by Crippen LogP contribution is 2.34. The van der Waals surface area contributed by atoms with Crippen molar-refractivity contribution in [2.24, 2.45) is 0 Å². The van der Waals surface area contributed by atoms with E-state index in [4.69, 9.17) is 4.74 Å². The minimum atomic E-state index is -0.473. The molecule has 0 saturated carbocycles. The van der Waals surface area contributed by atoms with Crippen LogP contribution in [-0.2, 0) is 9.59 Å². The minimum absolute atomic E-state index is 0.139. The lowest BCUT2D eigenvalue weighted by Gasteiger charge is -2.15. The van der Waals surface area contributed by atoms with E-state index in [1.165, 1.54) is 24.3 Å². The molecule has 4 rings (SSSR count). The molecule has 6 heteroatoms. The summed E-state index contributed by atoms with van der Waals surface area (Å²) >= 11 is 0. The van der Waals surface area contributed by atoms with Gasteiger partial charge in [-0.1, -0.05) is 30.3 Å². The average molecular weight is 402 g/mol. The van der Waals surface area contributed by atoms with Crippen molar-refractivity contribution in [2.75, 3.05) is 16.8 Å². The number of ether oxygens (including phenoxy) is 1. The van der Waals surface area contributed by atoms with Gasteiger partial charge in [0.25, 0.3) is 11.8 Å². The Morgan fingerprint density at radius 1 is 0.867 bits per heavy atom. The highest BCUT2D eigenvalue weighted by atomic mass is 19.1. The van der Waals surface area contributed by atoms with Crippen molar-refractivity contribution in [3.63, 3.8) is 0 Å². The number of nitrogens with one attached hydrogen (secondary N) is 1. The molecule has 0 aromatic heterocycles. The van der Waals surface area contributed by atoms with Gasteiger partial charge in [-0.05, 0) is 61.0 Å². The quantitative estimate of drug-likeness (QED) is 0.611. The maximum atomic E-state index is 13.3. The molecule has 0 unspecified atom stereocenters. The van der Waals surface area contributed by atoms with E-state index in [0.717, 1.165) is 4.90 Å². The van der Waals surface area contributed by atoms with Crippen LogP contribution in [0.25, 0.3) is 5.57 Å². The Morgan fingerprint density at radius 2 is 1.53 bits per heavy atom. The van der Waals surface area contributed by atoms with E-state index in [1.54, 1.807) is 48.5 Å². The lowest BCUT2D eigenvalue weighted by molar-refractivity contribution is -0.120. The van der Waals surface area contributed by atoms with Gasteiger partial charge in [-0.3, -0.25) is 9.59 Å². The van der Waals surface area contributed by atoms with Crippen LogP contribution in [-0.4, -0.2) is 18.4 Å². The third-order valence-electron chi connectivity index (χ3n) is 4.67. The van der Waals surface area contributed by atoms with Crippen LogP contribution in [0, 0.1) is 5.82 Å². The molecular weight excluding hydrogens is 383 g/mol. The van der Waals surface area contributed by atoms with Crippen LogP contribution in [0.1, 0.15) is 12.5 Å². The second-order valence-electron chi connectivity index (χ2n) is 6.62. The predicted octanol–water partition coefficient (Wildman–Crippen LogP) is 4.62. The standard InChI is InChI=1S/C24H19FN2O3/c1-2-30-20-14-8-16(9-15-20)21-22(26-18-12-10-17(25)11-13-18)24(29)27(23(21)28)19-6-4-3-5-7-19/h3-15,26H,2H2,1H3. The van der Waals surface area contributed by atoms with E-state index in [0.29, 0.717) is 29.3 Å². The van der Waals surface area contributed by atoms with Crippen molar-refractivity contribution >= 4 is 28.8 Å². The Bertz CT molecular complexity index is 1110. The van der Waals surface area contributed by atoms with Crippen LogP contribution in [0.15, 0.2) is 84.6 Å². The average Bonchev–Trinajstić information content (AvgIpc) is 3.01. The zero-order chi connectivity index (χ0) is 21.1. The number of rotatable bonds is 6. The largest absolute Gasteiger partial charge is 0.494 e. The summed E-state index contributed by atoms with van der Waals surface area (Å²) in [6.45, 7) is 2.41. The number of hydrogen-bond donors (Lipinski definition) is 1. The molecule has 0 fully saturated rings. The third-order valence-corrected chi connectivity index (χ3v) is 4.67. The number of imide groups is 1. The summed E-state index contributed by atoms with van der Waals surface area (Å²) in [6, 6.07) is 21.3. The van der Waals surface area contributed by atoms with Gasteiger partial charge in [0, 0.05) is 5.69 Å². The SMILES string of the molecule is CCOc1ccc(C2=C(Nc3ccc(F)cc3)C(=O)N(c3ccccc3)C2=O)cc1. The summed E-state index contributed by atoms with van der Waals surface area (Å²) in [5.74, 6) is -0.619. The molecule has 150 valence electrons. The van der Waals surface area contributed by atoms with Gasteiger partial charge in [0.15, 0.2) is 0 Å². The molecule has 2 amide bonds. The second-order valence-corrected chi connectivity index (χ2v) is 6.62. The molecule has 5 nitrogen and oxygen atoms in total. The maximum Gasteiger partial charge on any atom is 0.282 e. The summed E-state index contributed by atoms with van der Waals surface area (Å²) in [5.41, 5.74) is 1.95. The van der Waals surface area contributed by atoms with E-state index in [1.807, 2.05) is 13.0 Å². The lowest BCUT2D eigenvalue weighted by Crippen LogP contribution is -2.32. The molecular formula is C24H19FN2O3. The number of carbonyl (C=O) groups is 2. The summed E-state index contributed by atoms with van der Waals surface area (Å²) in [7, 11) is 0. The maximum absolute atomic E-state index is 13.3. The van der Waals surface area contributed by atoms with Gasteiger partial charge >= 0.3 is 0 Å². The van der Waals surface area contributed by atoms with Crippen LogP contribution < -0.4 is 15.0 Å². The number of anilines is 2. The molecule has 0 saturated heterocycles. The molecule has 3 aromatic rings. The summed E-state index contributed by atoms with van der Waals surface area (Å²) < 4.78 is 18.7. The Morgan fingerprint density at radius 3 is 2.17 bits per heavy atom. The fourth-order valence-corrected chi connectivity index (χ4v) is 3.29. The van der Waals surface area contributed by atoms with Gasteiger partial charge in [0.2, 0.25) is 0 Å². The van der Waals surface area contributed by atoms with Gasteiger partial charge in [0.1, 0.15) is 17.3 Å². The Balaban J connectivity index is 1.78. The molecule has 0 radical (unpaired) electrons. The van der Waals surface area contributed by atoms with Gasteiger partial charge in [-0.15, -0.1) is 0 Å². The fourth-order valence-electron chi connectivity index (χ4n) is 3.29. The number of hydrogen-bond acceptors (Lipinski definition) is 4. The Kier molecular flexibility index (Phi) is 5.30. The van der Waals surface area contributed by atoms with Crippen LogP contribution in [0.5, 0.6) is 5.75 Å². The van der Waals surface area contributed by atoms with E-state index in [-0.39, 0.29) is 17.1 Å². The van der Waals surface area contributed by atoms with Gasteiger partial charge < -0.3 is 10.1 Å². The molecule has 0 atom stereocenters. The van der Waals surface area contributed by atoms with E-state index in [2.05, 4.69) is 5.32 Å². The highest BCUT2D eigenvalue weighted by Gasteiger charge is 2.40. The molecule has 1 heterocycles. The zero-order valence-corrected chi connectivity index (χ0v) is 16.3. The minimum Gasteiger partial charge on any atom is -0.494 e. The first-order valence-corrected chi connectivity index (χ1v) is 9.52. The number of amides is 2. The lowest BCUT2D eigenvalue weighted by atomic mass is 10.0. The molecule has 30 heavy (non-hydrogen) atoms. The number of nitrogens with zero attached hydrogens (tertiary/aromatic N) is 1. The number of para-hydroxylation sites is 1. The number of carbonyl (C=O) groups excluding carboxylic acids is 2. The van der Waals surface area contributed by atoms with E-state index in [9.17, 15) is 14.0 Å². The molecule has 0 aliphatic carbocycles. The molecule has 1 aliphatic rings. The molecule has 0 bridgehead atoms. The van der Waals surface area contributed by atoms with E-state index >= 15 is 0 Å². The van der Waals surface area contributed by atoms with Gasteiger partial charge in [-0.25, -0.2) is 9.29 Å². The molecule has 0 spiro atoms. The smallest absolute Gasteiger partial charge is 0.282 e. The van der Waals surface area contributed by atoms with Crippen molar-refractivity contribution in [2.45, 2.75) is 6.92 Å². The van der Waals surface area contributed by atoms with Crippen molar-refractivity contribution in [3.8, 4) is 5.75 Å². The molecule has 1 N–H and O–H groups in total. The van der Waals surface area contributed by atoms with Gasteiger partial charge in [-0.2, -0.15) is 0 Å². The van der Waals surface area contributed by atoms with E-state index < -0.39 is 11.8 Å². The Hall–Kier alpha value is -3.93. The summed E-state index contributed by atoms with van der Waals surface area (Å²) in [4.78, 5) is 27.7. The first kappa shape index (κ1) is 19.4. The predicted molar refractivity (Wildman–Crippen MR) is 113 cm³/mol. The first-order chi connectivity index (χ1) is 14.6. The van der Waals surface area contributed by atoms with Crippen LogP contribution in [0.2, 0.25) is 0 Å². The summed E-state index contributed by atoms with van der Waals surface area (Å²) in [6.07, 6.45) is 0. The van der Waals surface area contributed by atoms with Crippen LogP contribution in [0.4, 0.5) is 15.8 Å². The number of benzene rings is 3. The highest BCUT2D eigenvalue weighted by molar-refractivity contribution is 6.46. The summed E-state index contributed by atoms with van der Waals surface area (Å²) in [5, 5.41) is 3.01. The number of halogens is 1. The molecule has 3 aromatic carbocycles. The van der Waals surface area contributed by atoms with Crippen molar-refractivity contribution in [1.29, 1.82) is 0 Å². The fraction of sp³-hybridized carbons (Fsp3) is 0.0833. The monoisotopic (exact) mass is 402 g/mol. The van der Waals surface area contributed by atoms with Crippen LogP contribution >= 0.6 is 0 Å². The second kappa shape index (κ2) is 8.21. The topological polar surface area (TPSA) is 58.6 Å². The van der Waals surface area contributed by atoms with Crippen molar-refractivity contribution < 1.29 is 18.7 Å². The Labute approximate surface area is 173 Å². The third kappa shape index (κ3) is 3.67. The first-order valence-electron chi connectivity index (χ1n) is 9.52. The zero-order valence-electron chi connectivity index (χ0n) is 16.3. The van der Waals surface area contributed by atoms with Gasteiger partial charge in [0.05, 0.1) is 17.9 Å². The van der Waals surface area contributed by atoms with Crippen LogP contribution in [0.3, 0.4) is 0 Å². The van der Waals surface area contributed by atoms with Crippen molar-refractivity contribution in [1.82, 2.24) is 0 Å². The molecule has 1 aliphatic heterocycles. The normalized spacial score (nSPS) is 13.7.